The van der Waals surface area contributed by atoms with Gasteiger partial charge in [0.1, 0.15) is 10.7 Å². The van der Waals surface area contributed by atoms with Gasteiger partial charge in [0.2, 0.25) is 10.0 Å². The van der Waals surface area contributed by atoms with Gasteiger partial charge in [-0.3, -0.25) is 0 Å². The number of sulfonamides is 1. The zero-order valence-electron chi connectivity index (χ0n) is 11.1. The highest BCUT2D eigenvalue weighted by atomic mass is 32.2. The number of anilines is 1. The number of hydrogen-bond acceptors (Lipinski definition) is 4. The molecule has 4 N–H and O–H groups in total. The van der Waals surface area contributed by atoms with Crippen LogP contribution in [0.3, 0.4) is 0 Å². The zero-order valence-corrected chi connectivity index (χ0v) is 11.9. The van der Waals surface area contributed by atoms with Crippen molar-refractivity contribution in [3.05, 3.63) is 24.0 Å². The highest BCUT2D eigenvalue weighted by Crippen LogP contribution is 2.31. The summed E-state index contributed by atoms with van der Waals surface area (Å²) in [4.78, 5) is -0.543. The number of nitrogens with one attached hydrogen (secondary N) is 1. The van der Waals surface area contributed by atoms with Crippen molar-refractivity contribution >= 4 is 15.7 Å². The molecule has 0 heterocycles. The Bertz CT molecular complexity index is 563. The third-order valence-corrected chi connectivity index (χ3v) is 5.40. The first-order chi connectivity index (χ1) is 9.40. The molecule has 0 radical (unpaired) electrons. The van der Waals surface area contributed by atoms with E-state index in [1.165, 1.54) is 12.1 Å². The number of nitrogen functional groups attached to an aromatic ring is 1. The SMILES string of the molecule is Nc1cccc(F)c1S(=O)(=O)NC1(CO)CCCCC1. The molecule has 0 aliphatic heterocycles. The molecule has 0 bridgehead atoms. The maximum Gasteiger partial charge on any atom is 0.246 e. The van der Waals surface area contributed by atoms with E-state index in [4.69, 9.17) is 5.73 Å². The smallest absolute Gasteiger partial charge is 0.246 e. The van der Waals surface area contributed by atoms with Gasteiger partial charge in [0.15, 0.2) is 0 Å². The minimum absolute atomic E-state index is 0.138. The van der Waals surface area contributed by atoms with Crippen LogP contribution in [0.2, 0.25) is 0 Å². The minimum atomic E-state index is -4.10. The fourth-order valence-electron chi connectivity index (χ4n) is 2.67. The van der Waals surface area contributed by atoms with Crippen LogP contribution in [0.25, 0.3) is 0 Å². The van der Waals surface area contributed by atoms with Gasteiger partial charge in [0.25, 0.3) is 0 Å². The molecule has 112 valence electrons. The third-order valence-electron chi connectivity index (χ3n) is 3.73. The summed E-state index contributed by atoms with van der Waals surface area (Å²) >= 11 is 0. The number of halogens is 1. The molecule has 5 nitrogen and oxygen atoms in total. The number of rotatable bonds is 4. The van der Waals surface area contributed by atoms with E-state index < -0.39 is 26.3 Å². The first kappa shape index (κ1) is 15.2. The molecule has 0 unspecified atom stereocenters. The molecule has 0 atom stereocenters. The van der Waals surface area contributed by atoms with E-state index in [9.17, 15) is 17.9 Å². The Morgan fingerprint density at radius 2 is 1.95 bits per heavy atom. The average molecular weight is 302 g/mol. The molecule has 0 spiro atoms. The predicted octanol–water partition coefficient (Wildman–Crippen LogP) is 1.38. The van der Waals surface area contributed by atoms with Crippen molar-refractivity contribution in [1.82, 2.24) is 4.72 Å². The van der Waals surface area contributed by atoms with Crippen molar-refractivity contribution in [3.63, 3.8) is 0 Å². The van der Waals surface area contributed by atoms with Gasteiger partial charge < -0.3 is 10.8 Å². The molecule has 1 aliphatic carbocycles. The molecular weight excluding hydrogens is 283 g/mol. The molecule has 1 saturated carbocycles. The number of benzene rings is 1. The number of nitrogens with two attached hydrogens (primary N) is 1. The number of aliphatic hydroxyl groups excluding tert-OH is 1. The molecular formula is C13H19FN2O3S. The largest absolute Gasteiger partial charge is 0.398 e. The number of aliphatic hydroxyl groups is 1. The topological polar surface area (TPSA) is 92.4 Å². The van der Waals surface area contributed by atoms with Gasteiger partial charge in [0, 0.05) is 0 Å². The van der Waals surface area contributed by atoms with Crippen molar-refractivity contribution in [2.75, 3.05) is 12.3 Å². The second-order valence-corrected chi connectivity index (χ2v) is 6.88. The van der Waals surface area contributed by atoms with Gasteiger partial charge in [-0.05, 0) is 25.0 Å². The van der Waals surface area contributed by atoms with E-state index >= 15 is 0 Å². The molecule has 0 aromatic heterocycles. The molecule has 1 fully saturated rings. The molecule has 0 saturated heterocycles. The van der Waals surface area contributed by atoms with Crippen LogP contribution in [0.1, 0.15) is 32.1 Å². The monoisotopic (exact) mass is 302 g/mol. The lowest BCUT2D eigenvalue weighted by Crippen LogP contribution is -2.52. The summed E-state index contributed by atoms with van der Waals surface area (Å²) in [6, 6.07) is 3.74. The first-order valence-corrected chi connectivity index (χ1v) is 8.07. The maximum atomic E-state index is 13.8. The summed E-state index contributed by atoms with van der Waals surface area (Å²) < 4.78 is 41.0. The second-order valence-electron chi connectivity index (χ2n) is 5.26. The minimum Gasteiger partial charge on any atom is -0.398 e. The van der Waals surface area contributed by atoms with Crippen LogP contribution < -0.4 is 10.5 Å². The first-order valence-electron chi connectivity index (χ1n) is 6.59. The van der Waals surface area contributed by atoms with Gasteiger partial charge in [-0.15, -0.1) is 0 Å². The van der Waals surface area contributed by atoms with Crippen molar-refractivity contribution in [2.45, 2.75) is 42.5 Å². The summed E-state index contributed by atoms with van der Waals surface area (Å²) in [6.07, 6.45) is 3.74. The van der Waals surface area contributed by atoms with Gasteiger partial charge in [-0.2, -0.15) is 0 Å². The van der Waals surface area contributed by atoms with E-state index in [0.29, 0.717) is 12.8 Å². The van der Waals surface area contributed by atoms with E-state index in [1.54, 1.807) is 0 Å². The highest BCUT2D eigenvalue weighted by Gasteiger charge is 2.37. The van der Waals surface area contributed by atoms with Crippen molar-refractivity contribution < 1.29 is 17.9 Å². The van der Waals surface area contributed by atoms with Crippen LogP contribution in [0, 0.1) is 5.82 Å². The Balaban J connectivity index is 2.35. The lowest BCUT2D eigenvalue weighted by Gasteiger charge is -2.36. The summed E-state index contributed by atoms with van der Waals surface area (Å²) in [6.45, 7) is -0.305. The number of hydrogen-bond donors (Lipinski definition) is 3. The fraction of sp³-hybridized carbons (Fsp3) is 0.538. The second kappa shape index (κ2) is 5.67. The van der Waals surface area contributed by atoms with Crippen LogP contribution in [-0.4, -0.2) is 25.7 Å². The lowest BCUT2D eigenvalue weighted by atomic mass is 9.83. The highest BCUT2D eigenvalue weighted by molar-refractivity contribution is 7.89. The zero-order chi connectivity index (χ0) is 14.8. The fourth-order valence-corrected chi connectivity index (χ4v) is 4.31. The Kier molecular flexibility index (Phi) is 4.31. The standard InChI is InChI=1S/C13H19FN2O3S/c14-10-5-4-6-11(15)12(10)20(18,19)16-13(9-17)7-2-1-3-8-13/h4-6,16-17H,1-3,7-9,15H2. The summed E-state index contributed by atoms with van der Waals surface area (Å²) in [5.74, 6) is -0.888. The van der Waals surface area contributed by atoms with Crippen LogP contribution in [-0.2, 0) is 10.0 Å². The Hall–Kier alpha value is -1.18. The summed E-state index contributed by atoms with van der Waals surface area (Å²) in [5.41, 5.74) is 4.53. The molecule has 1 aromatic carbocycles. The van der Waals surface area contributed by atoms with Gasteiger partial charge in [-0.1, -0.05) is 25.3 Å². The van der Waals surface area contributed by atoms with Crippen molar-refractivity contribution in [1.29, 1.82) is 0 Å². The van der Waals surface area contributed by atoms with E-state index in [0.717, 1.165) is 25.3 Å². The molecule has 7 heteroatoms. The Morgan fingerprint density at radius 3 is 2.50 bits per heavy atom. The van der Waals surface area contributed by atoms with Crippen LogP contribution in [0.5, 0.6) is 0 Å². The summed E-state index contributed by atoms with van der Waals surface area (Å²) in [5, 5.41) is 9.54. The molecule has 20 heavy (non-hydrogen) atoms. The van der Waals surface area contributed by atoms with Crippen LogP contribution in [0.4, 0.5) is 10.1 Å². The molecule has 1 aromatic rings. The predicted molar refractivity (Wildman–Crippen MR) is 74.0 cm³/mol. The third kappa shape index (κ3) is 2.94. The van der Waals surface area contributed by atoms with E-state index in [2.05, 4.69) is 4.72 Å². The van der Waals surface area contributed by atoms with Crippen LogP contribution >= 0.6 is 0 Å². The van der Waals surface area contributed by atoms with Gasteiger partial charge in [0.05, 0.1) is 17.8 Å². The van der Waals surface area contributed by atoms with Crippen molar-refractivity contribution in [3.8, 4) is 0 Å². The van der Waals surface area contributed by atoms with Crippen molar-refractivity contribution in [2.24, 2.45) is 0 Å². The average Bonchev–Trinajstić information content (AvgIpc) is 2.38. The van der Waals surface area contributed by atoms with Crippen LogP contribution in [0.15, 0.2) is 23.1 Å². The van der Waals surface area contributed by atoms with Gasteiger partial charge >= 0.3 is 0 Å². The maximum absolute atomic E-state index is 13.8. The molecule has 0 amide bonds. The normalized spacial score (nSPS) is 18.9. The molecule has 2 rings (SSSR count). The Morgan fingerprint density at radius 1 is 1.30 bits per heavy atom. The molecule has 1 aliphatic rings. The van der Waals surface area contributed by atoms with E-state index in [-0.39, 0.29) is 12.3 Å². The Labute approximate surface area is 118 Å². The van der Waals surface area contributed by atoms with Gasteiger partial charge in [-0.25, -0.2) is 17.5 Å². The quantitative estimate of drug-likeness (QED) is 0.733. The lowest BCUT2D eigenvalue weighted by molar-refractivity contribution is 0.142. The summed E-state index contributed by atoms with van der Waals surface area (Å²) in [7, 11) is -4.10. The van der Waals surface area contributed by atoms with E-state index in [1.807, 2.05) is 0 Å².